The molecule has 0 spiro atoms. The maximum Gasteiger partial charge on any atom is 0.335 e. The fourth-order valence-corrected chi connectivity index (χ4v) is 1.02. The summed E-state index contributed by atoms with van der Waals surface area (Å²) < 4.78 is 18.4. The van der Waals surface area contributed by atoms with Gasteiger partial charge in [-0.25, -0.2) is 9.18 Å². The van der Waals surface area contributed by atoms with Gasteiger partial charge in [0.15, 0.2) is 11.6 Å². The van der Waals surface area contributed by atoms with Crippen molar-refractivity contribution in [2.24, 2.45) is 0 Å². The van der Waals surface area contributed by atoms with Crippen LogP contribution in [0.25, 0.3) is 0 Å². The first-order chi connectivity index (χ1) is 7.54. The summed E-state index contributed by atoms with van der Waals surface area (Å²) in [7, 11) is 0. The number of carboxylic acid groups (broad SMARTS) is 1. The number of allylic oxidation sites excluding steroid dienone is 1. The van der Waals surface area contributed by atoms with Crippen molar-refractivity contribution in [1.29, 1.82) is 0 Å². The highest BCUT2D eigenvalue weighted by Crippen LogP contribution is 2.19. The molecule has 0 unspecified atom stereocenters. The van der Waals surface area contributed by atoms with E-state index >= 15 is 0 Å². The van der Waals surface area contributed by atoms with Crippen molar-refractivity contribution in [3.05, 3.63) is 41.2 Å². The van der Waals surface area contributed by atoms with E-state index < -0.39 is 11.8 Å². The van der Waals surface area contributed by atoms with Crippen molar-refractivity contribution >= 4 is 5.97 Å². The van der Waals surface area contributed by atoms with E-state index in [0.717, 1.165) is 11.6 Å². The minimum atomic E-state index is -1.10. The van der Waals surface area contributed by atoms with Gasteiger partial charge in [-0.3, -0.25) is 0 Å². The largest absolute Gasteiger partial charge is 0.486 e. The third-order valence-electron chi connectivity index (χ3n) is 2.13. The van der Waals surface area contributed by atoms with Gasteiger partial charge in [0.05, 0.1) is 5.56 Å². The summed E-state index contributed by atoms with van der Waals surface area (Å²) in [5.74, 6) is -1.71. The standard InChI is InChI=1S/C12H13FO3/c1-3-8(2)7-16-11-6-9(12(14)15)4-5-10(11)13/h3-6H,7H2,1-2H3,(H,14,15)/b8-3+. The Balaban J connectivity index is 2.86. The first kappa shape index (κ1) is 12.2. The van der Waals surface area contributed by atoms with Crippen LogP contribution in [0.3, 0.4) is 0 Å². The molecule has 86 valence electrons. The SMILES string of the molecule is C/C=C(\C)COc1cc(C(=O)O)ccc1F. The summed E-state index contributed by atoms with van der Waals surface area (Å²) in [6, 6.07) is 3.47. The predicted molar refractivity (Wildman–Crippen MR) is 58.3 cm³/mol. The van der Waals surface area contributed by atoms with Crippen LogP contribution < -0.4 is 4.74 Å². The maximum absolute atomic E-state index is 13.3. The normalized spacial score (nSPS) is 11.3. The highest BCUT2D eigenvalue weighted by Gasteiger charge is 2.09. The molecule has 0 aliphatic rings. The number of aromatic carboxylic acids is 1. The Morgan fingerprint density at radius 1 is 1.56 bits per heavy atom. The molecule has 0 heterocycles. The smallest absolute Gasteiger partial charge is 0.335 e. The van der Waals surface area contributed by atoms with Gasteiger partial charge in [0, 0.05) is 0 Å². The number of rotatable bonds is 4. The maximum atomic E-state index is 13.3. The highest BCUT2D eigenvalue weighted by molar-refractivity contribution is 5.88. The lowest BCUT2D eigenvalue weighted by atomic mass is 10.2. The molecule has 0 aliphatic heterocycles. The van der Waals surface area contributed by atoms with Gasteiger partial charge in [0.1, 0.15) is 6.61 Å². The van der Waals surface area contributed by atoms with Crippen LogP contribution in [0.4, 0.5) is 4.39 Å². The van der Waals surface area contributed by atoms with Crippen LogP contribution in [0.1, 0.15) is 24.2 Å². The van der Waals surface area contributed by atoms with Crippen molar-refractivity contribution in [3.63, 3.8) is 0 Å². The second kappa shape index (κ2) is 5.30. The zero-order valence-electron chi connectivity index (χ0n) is 9.16. The van der Waals surface area contributed by atoms with Crippen molar-refractivity contribution < 1.29 is 19.0 Å². The average Bonchev–Trinajstić information content (AvgIpc) is 2.27. The Hall–Kier alpha value is -1.84. The topological polar surface area (TPSA) is 46.5 Å². The van der Waals surface area contributed by atoms with Crippen molar-refractivity contribution in [2.45, 2.75) is 13.8 Å². The molecule has 1 aromatic rings. The third kappa shape index (κ3) is 3.08. The number of halogens is 1. The number of carboxylic acids is 1. The summed E-state index contributed by atoms with van der Waals surface area (Å²) in [6.45, 7) is 3.94. The van der Waals surface area contributed by atoms with Gasteiger partial charge >= 0.3 is 5.97 Å². The molecular formula is C12H13FO3. The molecule has 4 heteroatoms. The summed E-state index contributed by atoms with van der Waals surface area (Å²) in [5.41, 5.74) is 0.953. The molecular weight excluding hydrogens is 211 g/mol. The second-order valence-corrected chi connectivity index (χ2v) is 3.37. The Labute approximate surface area is 93.2 Å². The molecule has 0 fully saturated rings. The van der Waals surface area contributed by atoms with Crippen LogP contribution in [0.5, 0.6) is 5.75 Å². The molecule has 1 aromatic carbocycles. The van der Waals surface area contributed by atoms with Crippen LogP contribution in [0.15, 0.2) is 29.8 Å². The summed E-state index contributed by atoms with van der Waals surface area (Å²) in [6.07, 6.45) is 1.85. The van der Waals surface area contributed by atoms with Gasteiger partial charge in [-0.05, 0) is 37.6 Å². The molecule has 0 bridgehead atoms. The fraction of sp³-hybridized carbons (Fsp3) is 0.250. The van der Waals surface area contributed by atoms with E-state index in [-0.39, 0.29) is 17.9 Å². The Morgan fingerprint density at radius 2 is 2.25 bits per heavy atom. The van der Waals surface area contributed by atoms with Crippen LogP contribution in [0.2, 0.25) is 0 Å². The number of hydrogen-bond donors (Lipinski definition) is 1. The predicted octanol–water partition coefficient (Wildman–Crippen LogP) is 2.87. The first-order valence-electron chi connectivity index (χ1n) is 4.82. The summed E-state index contributed by atoms with van der Waals surface area (Å²) in [4.78, 5) is 10.7. The Morgan fingerprint density at radius 3 is 2.81 bits per heavy atom. The van der Waals surface area contributed by atoms with Crippen molar-refractivity contribution in [1.82, 2.24) is 0 Å². The zero-order valence-corrected chi connectivity index (χ0v) is 9.16. The lowest BCUT2D eigenvalue weighted by molar-refractivity contribution is 0.0696. The van der Waals surface area contributed by atoms with E-state index in [1.54, 1.807) is 0 Å². The van der Waals surface area contributed by atoms with Gasteiger partial charge < -0.3 is 9.84 Å². The van der Waals surface area contributed by atoms with Gasteiger partial charge in [-0.15, -0.1) is 0 Å². The lowest BCUT2D eigenvalue weighted by Gasteiger charge is -2.07. The van der Waals surface area contributed by atoms with E-state index in [0.29, 0.717) is 0 Å². The molecule has 3 nitrogen and oxygen atoms in total. The molecule has 0 radical (unpaired) electrons. The van der Waals surface area contributed by atoms with E-state index in [1.165, 1.54) is 12.1 Å². The summed E-state index contributed by atoms with van der Waals surface area (Å²) >= 11 is 0. The molecule has 1 rings (SSSR count). The third-order valence-corrected chi connectivity index (χ3v) is 2.13. The van der Waals surface area contributed by atoms with Crippen LogP contribution in [-0.2, 0) is 0 Å². The molecule has 0 saturated carbocycles. The average molecular weight is 224 g/mol. The highest BCUT2D eigenvalue weighted by atomic mass is 19.1. The van der Waals surface area contributed by atoms with Crippen molar-refractivity contribution in [3.8, 4) is 5.75 Å². The van der Waals surface area contributed by atoms with Crippen LogP contribution in [-0.4, -0.2) is 17.7 Å². The second-order valence-electron chi connectivity index (χ2n) is 3.37. The van der Waals surface area contributed by atoms with E-state index in [9.17, 15) is 9.18 Å². The zero-order chi connectivity index (χ0) is 12.1. The molecule has 1 N–H and O–H groups in total. The van der Waals surface area contributed by atoms with E-state index in [1.807, 2.05) is 19.9 Å². The number of carbonyl (C=O) groups is 1. The van der Waals surface area contributed by atoms with Crippen LogP contribution in [0, 0.1) is 5.82 Å². The lowest BCUT2D eigenvalue weighted by Crippen LogP contribution is -2.03. The quantitative estimate of drug-likeness (QED) is 0.800. The molecule has 16 heavy (non-hydrogen) atoms. The molecule has 0 aromatic heterocycles. The van der Waals surface area contributed by atoms with Gasteiger partial charge in [-0.2, -0.15) is 0 Å². The van der Waals surface area contributed by atoms with Gasteiger partial charge in [-0.1, -0.05) is 6.08 Å². The van der Waals surface area contributed by atoms with E-state index in [2.05, 4.69) is 0 Å². The minimum Gasteiger partial charge on any atom is -0.486 e. The van der Waals surface area contributed by atoms with Gasteiger partial charge in [0.25, 0.3) is 0 Å². The summed E-state index contributed by atoms with van der Waals surface area (Å²) in [5, 5.41) is 8.73. The van der Waals surface area contributed by atoms with Gasteiger partial charge in [0.2, 0.25) is 0 Å². The minimum absolute atomic E-state index is 0.00883. The van der Waals surface area contributed by atoms with E-state index in [4.69, 9.17) is 9.84 Å². The number of benzene rings is 1. The molecule has 0 amide bonds. The Kier molecular flexibility index (Phi) is 4.05. The molecule has 0 atom stereocenters. The fourth-order valence-electron chi connectivity index (χ4n) is 1.02. The first-order valence-corrected chi connectivity index (χ1v) is 4.82. The van der Waals surface area contributed by atoms with Crippen molar-refractivity contribution in [2.75, 3.05) is 6.61 Å². The monoisotopic (exact) mass is 224 g/mol. The Bertz CT molecular complexity index is 424. The molecule has 0 saturated heterocycles. The van der Waals surface area contributed by atoms with Crippen LogP contribution >= 0.6 is 0 Å². The molecule has 0 aliphatic carbocycles. The number of ether oxygens (including phenoxy) is 1. The number of hydrogen-bond acceptors (Lipinski definition) is 2.